The summed E-state index contributed by atoms with van der Waals surface area (Å²) >= 11 is 1.17. The van der Waals surface area contributed by atoms with Crippen molar-refractivity contribution in [3.63, 3.8) is 0 Å². The summed E-state index contributed by atoms with van der Waals surface area (Å²) in [7, 11) is 0. The molecule has 0 aliphatic rings. The van der Waals surface area contributed by atoms with Crippen LogP contribution in [0.25, 0.3) is 10.1 Å². The Morgan fingerprint density at radius 2 is 2.42 bits per heavy atom. The maximum absolute atomic E-state index is 10.6. The first-order chi connectivity index (χ1) is 5.79. The van der Waals surface area contributed by atoms with E-state index in [-0.39, 0.29) is 5.69 Å². The third-order valence-electron chi connectivity index (χ3n) is 1.47. The molecule has 0 radical (unpaired) electrons. The van der Waals surface area contributed by atoms with Gasteiger partial charge in [-0.15, -0.1) is 0 Å². The minimum Gasteiger partial charge on any atom is -0.476 e. The Morgan fingerprint density at radius 3 is 3.17 bits per heavy atom. The highest BCUT2D eigenvalue weighted by atomic mass is 32.1. The molecule has 60 valence electrons. The fourth-order valence-corrected chi connectivity index (χ4v) is 1.67. The standard InChI is InChI=1S/C7H4N2O2S/c10-7(11)6-4-3-8-2-1-5(4)12-9-6/h1-3H,(H,10,11). The molecule has 0 spiro atoms. The Morgan fingerprint density at radius 1 is 1.58 bits per heavy atom. The van der Waals surface area contributed by atoms with Crippen molar-refractivity contribution in [2.24, 2.45) is 0 Å². The Hall–Kier alpha value is -1.49. The Balaban J connectivity index is 2.79. The van der Waals surface area contributed by atoms with Crippen LogP contribution in [0.4, 0.5) is 0 Å². The first kappa shape index (κ1) is 7.17. The van der Waals surface area contributed by atoms with E-state index in [4.69, 9.17) is 5.11 Å². The van der Waals surface area contributed by atoms with Gasteiger partial charge in [-0.3, -0.25) is 4.98 Å². The van der Waals surface area contributed by atoms with E-state index >= 15 is 0 Å². The van der Waals surface area contributed by atoms with Crippen molar-refractivity contribution in [3.8, 4) is 0 Å². The molecule has 0 saturated heterocycles. The predicted molar refractivity (Wildman–Crippen MR) is 44.4 cm³/mol. The van der Waals surface area contributed by atoms with Gasteiger partial charge in [-0.05, 0) is 17.6 Å². The van der Waals surface area contributed by atoms with Crippen LogP contribution in [0, 0.1) is 0 Å². The fourth-order valence-electron chi connectivity index (χ4n) is 0.937. The monoisotopic (exact) mass is 180 g/mol. The average Bonchev–Trinajstić information content (AvgIpc) is 2.47. The molecule has 0 bridgehead atoms. The molecule has 1 N–H and O–H groups in total. The summed E-state index contributed by atoms with van der Waals surface area (Å²) in [4.78, 5) is 14.4. The average molecular weight is 180 g/mol. The second kappa shape index (κ2) is 2.53. The van der Waals surface area contributed by atoms with Crippen LogP contribution >= 0.6 is 11.5 Å². The van der Waals surface area contributed by atoms with Crippen molar-refractivity contribution in [1.29, 1.82) is 0 Å². The first-order valence-electron chi connectivity index (χ1n) is 3.22. The third kappa shape index (κ3) is 0.947. The van der Waals surface area contributed by atoms with E-state index < -0.39 is 5.97 Å². The summed E-state index contributed by atoms with van der Waals surface area (Å²) in [5.41, 5.74) is 0.0862. The number of hydrogen-bond acceptors (Lipinski definition) is 4. The molecule has 0 saturated carbocycles. The normalized spacial score (nSPS) is 10.3. The molecule has 0 aromatic carbocycles. The number of aromatic nitrogens is 2. The number of nitrogens with zero attached hydrogens (tertiary/aromatic N) is 2. The van der Waals surface area contributed by atoms with E-state index in [9.17, 15) is 4.79 Å². The van der Waals surface area contributed by atoms with Gasteiger partial charge >= 0.3 is 5.97 Å². The summed E-state index contributed by atoms with van der Waals surface area (Å²) in [6, 6.07) is 1.75. The molecular formula is C7H4N2O2S. The molecule has 0 atom stereocenters. The lowest BCUT2D eigenvalue weighted by molar-refractivity contribution is 0.0694. The number of fused-ring (bicyclic) bond motifs is 1. The zero-order valence-electron chi connectivity index (χ0n) is 5.89. The van der Waals surface area contributed by atoms with Crippen molar-refractivity contribution >= 4 is 27.6 Å². The quantitative estimate of drug-likeness (QED) is 0.720. The largest absolute Gasteiger partial charge is 0.476 e. The smallest absolute Gasteiger partial charge is 0.356 e. The second-order valence-electron chi connectivity index (χ2n) is 2.21. The number of rotatable bonds is 1. The zero-order valence-corrected chi connectivity index (χ0v) is 6.71. The molecule has 12 heavy (non-hydrogen) atoms. The predicted octanol–water partition coefficient (Wildman–Crippen LogP) is 1.39. The van der Waals surface area contributed by atoms with Crippen molar-refractivity contribution in [2.45, 2.75) is 0 Å². The van der Waals surface area contributed by atoms with Crippen molar-refractivity contribution in [3.05, 3.63) is 24.2 Å². The Bertz CT molecular complexity index is 438. The molecule has 0 unspecified atom stereocenters. The summed E-state index contributed by atoms with van der Waals surface area (Å²) < 4.78 is 4.65. The second-order valence-corrected chi connectivity index (χ2v) is 3.01. The fraction of sp³-hybridized carbons (Fsp3) is 0. The minimum atomic E-state index is -1.01. The van der Waals surface area contributed by atoms with Gasteiger partial charge in [0.05, 0.1) is 4.70 Å². The summed E-state index contributed by atoms with van der Waals surface area (Å²) in [5.74, 6) is -1.01. The molecule has 0 aliphatic heterocycles. The lowest BCUT2D eigenvalue weighted by Gasteiger charge is -1.86. The highest BCUT2D eigenvalue weighted by molar-refractivity contribution is 7.13. The van der Waals surface area contributed by atoms with E-state index in [2.05, 4.69) is 9.36 Å². The number of carboxylic acid groups (broad SMARTS) is 1. The van der Waals surface area contributed by atoms with Crippen molar-refractivity contribution in [1.82, 2.24) is 9.36 Å². The summed E-state index contributed by atoms with van der Waals surface area (Å²) in [5, 5.41) is 9.29. The molecule has 5 heteroatoms. The summed E-state index contributed by atoms with van der Waals surface area (Å²) in [6.07, 6.45) is 3.13. The van der Waals surface area contributed by atoms with Gasteiger partial charge < -0.3 is 5.11 Å². The van der Waals surface area contributed by atoms with E-state index in [1.807, 2.05) is 0 Å². The molecule has 4 nitrogen and oxygen atoms in total. The van der Waals surface area contributed by atoms with Crippen molar-refractivity contribution < 1.29 is 9.90 Å². The Kier molecular flexibility index (Phi) is 1.51. The van der Waals surface area contributed by atoms with Crippen molar-refractivity contribution in [2.75, 3.05) is 0 Å². The molecule has 2 rings (SSSR count). The van der Waals surface area contributed by atoms with Gasteiger partial charge in [-0.2, -0.15) is 4.37 Å². The number of carboxylic acids is 1. The van der Waals surface area contributed by atoms with Gasteiger partial charge in [0.15, 0.2) is 5.69 Å². The van der Waals surface area contributed by atoms with Gasteiger partial charge in [-0.25, -0.2) is 4.79 Å². The zero-order chi connectivity index (χ0) is 8.55. The molecule has 0 fully saturated rings. The third-order valence-corrected chi connectivity index (χ3v) is 2.30. The van der Waals surface area contributed by atoms with Crippen LogP contribution in [0.3, 0.4) is 0 Å². The number of hydrogen-bond donors (Lipinski definition) is 1. The highest BCUT2D eigenvalue weighted by Gasteiger charge is 2.11. The van der Waals surface area contributed by atoms with Crippen LogP contribution in [0.2, 0.25) is 0 Å². The lowest BCUT2D eigenvalue weighted by atomic mass is 10.3. The maximum atomic E-state index is 10.6. The van der Waals surface area contributed by atoms with Gasteiger partial charge in [0.25, 0.3) is 0 Å². The van der Waals surface area contributed by atoms with Crippen LogP contribution in [0.15, 0.2) is 18.5 Å². The lowest BCUT2D eigenvalue weighted by Crippen LogP contribution is -1.96. The maximum Gasteiger partial charge on any atom is 0.356 e. The van der Waals surface area contributed by atoms with Crippen LogP contribution in [-0.2, 0) is 0 Å². The van der Waals surface area contributed by atoms with Gasteiger partial charge in [-0.1, -0.05) is 0 Å². The highest BCUT2D eigenvalue weighted by Crippen LogP contribution is 2.20. The van der Waals surface area contributed by atoms with Gasteiger partial charge in [0.1, 0.15) is 0 Å². The van der Waals surface area contributed by atoms with Crippen LogP contribution in [0.1, 0.15) is 10.5 Å². The minimum absolute atomic E-state index is 0.0862. The summed E-state index contributed by atoms with van der Waals surface area (Å²) in [6.45, 7) is 0. The van der Waals surface area contributed by atoms with Crippen LogP contribution < -0.4 is 0 Å². The molecular weight excluding hydrogens is 176 g/mol. The molecule has 0 amide bonds. The molecule has 2 aromatic heterocycles. The number of pyridine rings is 1. The Labute approximate surface area is 71.7 Å². The van der Waals surface area contributed by atoms with Gasteiger partial charge in [0.2, 0.25) is 0 Å². The number of carbonyl (C=O) groups is 1. The topological polar surface area (TPSA) is 63.1 Å². The first-order valence-corrected chi connectivity index (χ1v) is 3.99. The molecule has 2 heterocycles. The van der Waals surface area contributed by atoms with Crippen LogP contribution in [0.5, 0.6) is 0 Å². The van der Waals surface area contributed by atoms with E-state index in [0.717, 1.165) is 4.70 Å². The van der Waals surface area contributed by atoms with E-state index in [1.165, 1.54) is 17.7 Å². The molecule has 0 aliphatic carbocycles. The van der Waals surface area contributed by atoms with E-state index in [0.29, 0.717) is 5.39 Å². The van der Waals surface area contributed by atoms with Crippen LogP contribution in [-0.4, -0.2) is 20.4 Å². The SMILES string of the molecule is O=C(O)c1nsc2ccncc12. The van der Waals surface area contributed by atoms with Gasteiger partial charge in [0, 0.05) is 17.8 Å². The molecule has 2 aromatic rings. The number of aromatic carboxylic acids is 1. The van der Waals surface area contributed by atoms with E-state index in [1.54, 1.807) is 12.3 Å².